The molecule has 0 fully saturated rings. The molecular weight excluding hydrogens is 284 g/mol. The average Bonchev–Trinajstić information content (AvgIpc) is 2.92. The predicted octanol–water partition coefficient (Wildman–Crippen LogP) is 3.18. The molecule has 4 nitrogen and oxygen atoms in total. The van der Waals surface area contributed by atoms with Gasteiger partial charge in [-0.2, -0.15) is 0 Å². The van der Waals surface area contributed by atoms with Crippen LogP contribution in [0.5, 0.6) is 0 Å². The largest absolute Gasteiger partial charge is 0.381 e. The van der Waals surface area contributed by atoms with E-state index in [1.165, 1.54) is 11.6 Å². The van der Waals surface area contributed by atoms with E-state index in [-0.39, 0.29) is 0 Å². The predicted molar refractivity (Wildman–Crippen MR) is 85.2 cm³/mol. The van der Waals surface area contributed by atoms with E-state index in [9.17, 15) is 8.42 Å². The van der Waals surface area contributed by atoms with E-state index in [1.807, 2.05) is 18.3 Å². The number of benzene rings is 2. The fraction of sp³-hybridized carbons (Fsp3) is 0.125. The van der Waals surface area contributed by atoms with Crippen LogP contribution in [0.3, 0.4) is 0 Å². The molecule has 3 rings (SSSR count). The number of rotatable bonds is 4. The summed E-state index contributed by atoms with van der Waals surface area (Å²) in [5, 5.41) is 4.43. The number of aromatic amines is 1. The van der Waals surface area contributed by atoms with Crippen molar-refractivity contribution in [1.82, 2.24) is 4.98 Å². The molecule has 0 spiro atoms. The maximum atomic E-state index is 11.5. The molecule has 2 N–H and O–H groups in total. The first-order valence-corrected chi connectivity index (χ1v) is 8.51. The smallest absolute Gasteiger partial charge is 0.175 e. The third-order valence-electron chi connectivity index (χ3n) is 3.38. The van der Waals surface area contributed by atoms with Crippen LogP contribution in [0.4, 0.5) is 5.69 Å². The van der Waals surface area contributed by atoms with Crippen molar-refractivity contribution in [3.8, 4) is 0 Å². The van der Waals surface area contributed by atoms with Crippen molar-refractivity contribution in [2.45, 2.75) is 11.4 Å². The molecule has 5 heteroatoms. The summed E-state index contributed by atoms with van der Waals surface area (Å²) in [6.45, 7) is 0.641. The molecule has 0 aliphatic heterocycles. The number of hydrogen-bond donors (Lipinski definition) is 2. The molecular formula is C16H16N2O2S. The van der Waals surface area contributed by atoms with E-state index >= 15 is 0 Å². The van der Waals surface area contributed by atoms with Crippen molar-refractivity contribution in [1.29, 1.82) is 0 Å². The first-order chi connectivity index (χ1) is 10.0. The van der Waals surface area contributed by atoms with Gasteiger partial charge in [-0.3, -0.25) is 0 Å². The summed E-state index contributed by atoms with van der Waals surface area (Å²) >= 11 is 0. The molecule has 0 atom stereocenters. The van der Waals surface area contributed by atoms with Crippen molar-refractivity contribution in [2.24, 2.45) is 0 Å². The summed E-state index contributed by atoms with van der Waals surface area (Å²) in [7, 11) is -3.17. The maximum absolute atomic E-state index is 11.5. The molecule has 0 bridgehead atoms. The molecule has 108 valence electrons. The number of fused-ring (bicyclic) bond motifs is 1. The minimum absolute atomic E-state index is 0.326. The van der Waals surface area contributed by atoms with Gasteiger partial charge in [0.15, 0.2) is 9.84 Å². The Hall–Kier alpha value is -2.27. The number of anilines is 1. The summed E-state index contributed by atoms with van der Waals surface area (Å²) in [5.74, 6) is 0. The van der Waals surface area contributed by atoms with E-state index in [4.69, 9.17) is 0 Å². The van der Waals surface area contributed by atoms with Crippen molar-refractivity contribution in [3.63, 3.8) is 0 Å². The number of aromatic nitrogens is 1. The third kappa shape index (κ3) is 3.08. The number of hydrogen-bond acceptors (Lipinski definition) is 3. The summed E-state index contributed by atoms with van der Waals surface area (Å²) < 4.78 is 23.1. The zero-order valence-corrected chi connectivity index (χ0v) is 12.4. The molecule has 21 heavy (non-hydrogen) atoms. The summed E-state index contributed by atoms with van der Waals surface area (Å²) in [4.78, 5) is 3.51. The van der Waals surface area contributed by atoms with Gasteiger partial charge in [0.25, 0.3) is 0 Å². The highest BCUT2D eigenvalue weighted by atomic mass is 32.2. The van der Waals surface area contributed by atoms with Gasteiger partial charge in [-0.05, 0) is 41.3 Å². The van der Waals surface area contributed by atoms with Crippen LogP contribution in [0.2, 0.25) is 0 Å². The highest BCUT2D eigenvalue weighted by Gasteiger charge is 2.07. The van der Waals surface area contributed by atoms with Crippen molar-refractivity contribution in [3.05, 3.63) is 60.3 Å². The van der Waals surface area contributed by atoms with Gasteiger partial charge in [0.05, 0.1) is 4.90 Å². The van der Waals surface area contributed by atoms with Crippen molar-refractivity contribution in [2.75, 3.05) is 11.6 Å². The molecule has 0 unspecified atom stereocenters. The maximum Gasteiger partial charge on any atom is 0.175 e. The van der Waals surface area contributed by atoms with Gasteiger partial charge in [-0.15, -0.1) is 0 Å². The third-order valence-corrected chi connectivity index (χ3v) is 4.49. The summed E-state index contributed by atoms with van der Waals surface area (Å²) in [5.41, 5.74) is 3.03. The average molecular weight is 300 g/mol. The molecule has 0 aliphatic carbocycles. The van der Waals surface area contributed by atoms with Crippen LogP contribution in [-0.2, 0) is 16.4 Å². The lowest BCUT2D eigenvalue weighted by molar-refractivity contribution is 0.602. The van der Waals surface area contributed by atoms with Gasteiger partial charge in [0.1, 0.15) is 0 Å². The van der Waals surface area contributed by atoms with Crippen LogP contribution in [0.1, 0.15) is 5.56 Å². The second-order valence-electron chi connectivity index (χ2n) is 5.05. The minimum atomic E-state index is -3.17. The van der Waals surface area contributed by atoms with E-state index in [0.29, 0.717) is 11.4 Å². The Balaban J connectivity index is 1.78. The van der Waals surface area contributed by atoms with E-state index in [0.717, 1.165) is 16.8 Å². The van der Waals surface area contributed by atoms with Crippen molar-refractivity contribution < 1.29 is 8.42 Å². The van der Waals surface area contributed by atoms with Crippen LogP contribution in [0, 0.1) is 0 Å². The highest BCUT2D eigenvalue weighted by molar-refractivity contribution is 7.90. The molecule has 1 heterocycles. The fourth-order valence-corrected chi connectivity index (χ4v) is 2.91. The van der Waals surface area contributed by atoms with Gasteiger partial charge < -0.3 is 10.3 Å². The second-order valence-corrected chi connectivity index (χ2v) is 7.07. The monoisotopic (exact) mass is 300 g/mol. The van der Waals surface area contributed by atoms with E-state index in [2.05, 4.69) is 28.5 Å². The summed E-state index contributed by atoms with van der Waals surface area (Å²) in [6.07, 6.45) is 3.13. The normalized spacial score (nSPS) is 11.7. The van der Waals surface area contributed by atoms with Crippen LogP contribution in [0.25, 0.3) is 10.9 Å². The number of nitrogens with one attached hydrogen (secondary N) is 2. The Morgan fingerprint density at radius 2 is 1.95 bits per heavy atom. The van der Waals surface area contributed by atoms with Crippen LogP contribution in [-0.4, -0.2) is 19.7 Å². The summed E-state index contributed by atoms with van der Waals surface area (Å²) in [6, 6.07) is 15.1. The van der Waals surface area contributed by atoms with Gasteiger partial charge in [0.2, 0.25) is 0 Å². The standard InChI is InChI=1S/C16H16N2O2S/c1-21(19,20)15-4-2-3-14(10-15)18-11-12-5-6-13-7-8-17-16(13)9-12/h2-10,17-18H,11H2,1H3. The fourth-order valence-electron chi connectivity index (χ4n) is 2.25. The minimum Gasteiger partial charge on any atom is -0.381 e. The topological polar surface area (TPSA) is 62.0 Å². The molecule has 1 aromatic heterocycles. The molecule has 0 amide bonds. The van der Waals surface area contributed by atoms with E-state index in [1.54, 1.807) is 18.2 Å². The zero-order valence-electron chi connectivity index (χ0n) is 11.6. The SMILES string of the molecule is CS(=O)(=O)c1cccc(NCc2ccc3cc[nH]c3c2)c1. The molecule has 0 radical (unpaired) electrons. The molecule has 0 saturated heterocycles. The van der Waals surface area contributed by atoms with Crippen LogP contribution >= 0.6 is 0 Å². The Labute approximate surface area is 123 Å². The van der Waals surface area contributed by atoms with Crippen LogP contribution in [0.15, 0.2) is 59.6 Å². The van der Waals surface area contributed by atoms with Gasteiger partial charge >= 0.3 is 0 Å². The Morgan fingerprint density at radius 1 is 1.10 bits per heavy atom. The van der Waals surface area contributed by atoms with Gasteiger partial charge in [0, 0.05) is 30.2 Å². The Kier molecular flexibility index (Phi) is 3.43. The van der Waals surface area contributed by atoms with Gasteiger partial charge in [-0.1, -0.05) is 18.2 Å². The number of H-pyrrole nitrogens is 1. The second kappa shape index (κ2) is 5.26. The molecule has 3 aromatic rings. The first kappa shape index (κ1) is 13.7. The quantitative estimate of drug-likeness (QED) is 0.778. The zero-order chi connectivity index (χ0) is 14.9. The highest BCUT2D eigenvalue weighted by Crippen LogP contribution is 2.18. The Bertz CT molecular complexity index is 882. The van der Waals surface area contributed by atoms with Gasteiger partial charge in [-0.25, -0.2) is 8.42 Å². The molecule has 0 saturated carbocycles. The lowest BCUT2D eigenvalue weighted by Crippen LogP contribution is -2.02. The van der Waals surface area contributed by atoms with Crippen LogP contribution < -0.4 is 5.32 Å². The van der Waals surface area contributed by atoms with E-state index < -0.39 is 9.84 Å². The van der Waals surface area contributed by atoms with Crippen molar-refractivity contribution >= 4 is 26.4 Å². The molecule has 2 aromatic carbocycles. The lowest BCUT2D eigenvalue weighted by Gasteiger charge is -2.08. The first-order valence-electron chi connectivity index (χ1n) is 6.62. The number of sulfone groups is 1. The molecule has 0 aliphatic rings. The lowest BCUT2D eigenvalue weighted by atomic mass is 10.1. The Morgan fingerprint density at radius 3 is 2.76 bits per heavy atom.